The number of morpholine rings is 1. The number of rotatable bonds is 4. The molecule has 0 bridgehead atoms. The highest BCUT2D eigenvalue weighted by molar-refractivity contribution is 6.07. The number of Topliss-reactive ketones (excluding diaryl/α,β-unsaturated/α-hetero) is 1. The third-order valence-electron chi connectivity index (χ3n) is 9.66. The van der Waals surface area contributed by atoms with Crippen molar-refractivity contribution in [3.8, 4) is 0 Å². The Morgan fingerprint density at radius 3 is 2.53 bits per heavy atom. The zero-order valence-electron chi connectivity index (χ0n) is 22.3. The van der Waals surface area contributed by atoms with Gasteiger partial charge >= 0.3 is 0 Å². The number of aromatic nitrogens is 3. The molecule has 1 N–H and O–H groups in total. The first kappa shape index (κ1) is 24.2. The van der Waals surface area contributed by atoms with Crippen LogP contribution in [0, 0.1) is 5.41 Å². The lowest BCUT2D eigenvalue weighted by Crippen LogP contribution is -2.49. The molecule has 3 fully saturated rings. The van der Waals surface area contributed by atoms with E-state index >= 15 is 0 Å². The summed E-state index contributed by atoms with van der Waals surface area (Å²) >= 11 is 0. The molecule has 2 saturated heterocycles. The highest BCUT2D eigenvalue weighted by Gasteiger charge is 2.46. The molecule has 2 aromatic heterocycles. The molecule has 3 aliphatic carbocycles. The second kappa shape index (κ2) is 10.0. The quantitative estimate of drug-likeness (QED) is 0.637. The van der Waals surface area contributed by atoms with Gasteiger partial charge < -0.3 is 15.0 Å². The number of nitrogens with one attached hydrogen (secondary N) is 1. The molecule has 1 spiro atoms. The molecule has 5 aliphatic rings. The maximum absolute atomic E-state index is 12.9. The summed E-state index contributed by atoms with van der Waals surface area (Å²) in [6.07, 6.45) is 14.8. The summed E-state index contributed by atoms with van der Waals surface area (Å²) in [5.41, 5.74) is 5.67. The van der Waals surface area contributed by atoms with Crippen molar-refractivity contribution in [2.24, 2.45) is 5.41 Å². The average molecular weight is 515 g/mol. The van der Waals surface area contributed by atoms with Gasteiger partial charge in [-0.2, -0.15) is 0 Å². The number of piperidine rings is 1. The van der Waals surface area contributed by atoms with E-state index in [9.17, 15) is 4.79 Å². The second-order valence-electron chi connectivity index (χ2n) is 11.8. The lowest BCUT2D eigenvalue weighted by Gasteiger charge is -2.41. The standard InChI is InChI=1S/C30H38N6O2/c37-25-6-11-30(9-2-1-3-10-30)27-24(25)18-21-19-32-29(34-28(21)27)33-26-5-4-23(20-31-26)35-12-7-22(8-13-35)36-14-16-38-17-15-36/h4-5,19-20,22H,1-3,6-18H2,(H,31,32,33,34). The molecule has 0 unspecified atom stereocenters. The zero-order valence-corrected chi connectivity index (χ0v) is 22.3. The third kappa shape index (κ3) is 4.41. The fraction of sp³-hybridized carbons (Fsp3) is 0.600. The minimum Gasteiger partial charge on any atom is -0.379 e. The van der Waals surface area contributed by atoms with Crippen molar-refractivity contribution in [3.63, 3.8) is 0 Å². The van der Waals surface area contributed by atoms with Gasteiger partial charge in [-0.1, -0.05) is 19.3 Å². The smallest absolute Gasteiger partial charge is 0.228 e. The first-order chi connectivity index (χ1) is 18.7. The Bertz CT molecular complexity index is 1220. The van der Waals surface area contributed by atoms with Gasteiger partial charge in [0.2, 0.25) is 5.95 Å². The van der Waals surface area contributed by atoms with E-state index in [-0.39, 0.29) is 5.41 Å². The molecule has 8 heteroatoms. The van der Waals surface area contributed by atoms with Gasteiger partial charge in [0.1, 0.15) is 5.82 Å². The van der Waals surface area contributed by atoms with E-state index in [1.807, 2.05) is 18.5 Å². The van der Waals surface area contributed by atoms with Crippen LogP contribution >= 0.6 is 0 Å². The largest absolute Gasteiger partial charge is 0.379 e. The highest BCUT2D eigenvalue weighted by Crippen LogP contribution is 2.56. The highest BCUT2D eigenvalue weighted by atomic mass is 16.5. The maximum atomic E-state index is 12.9. The molecule has 0 radical (unpaired) electrons. The number of allylic oxidation sites excluding steroid dienone is 2. The third-order valence-corrected chi connectivity index (χ3v) is 9.66. The van der Waals surface area contributed by atoms with E-state index < -0.39 is 0 Å². The molecule has 2 aliphatic heterocycles. The number of carbonyl (C=O) groups is 1. The van der Waals surface area contributed by atoms with E-state index in [0.717, 1.165) is 68.5 Å². The predicted molar refractivity (Wildman–Crippen MR) is 148 cm³/mol. The van der Waals surface area contributed by atoms with Crippen LogP contribution in [0.15, 0.2) is 30.1 Å². The topological polar surface area (TPSA) is 83.5 Å². The summed E-state index contributed by atoms with van der Waals surface area (Å²) in [6, 6.07) is 4.84. The Labute approximate surface area is 224 Å². The lowest BCUT2D eigenvalue weighted by atomic mass is 9.62. The van der Waals surface area contributed by atoms with Crippen molar-refractivity contribution in [2.75, 3.05) is 49.6 Å². The minimum atomic E-state index is 0.132. The molecule has 38 heavy (non-hydrogen) atoms. The summed E-state index contributed by atoms with van der Waals surface area (Å²) in [6.45, 7) is 5.97. The van der Waals surface area contributed by atoms with Crippen molar-refractivity contribution in [1.82, 2.24) is 19.9 Å². The van der Waals surface area contributed by atoms with Crippen LogP contribution in [-0.2, 0) is 16.0 Å². The first-order valence-electron chi connectivity index (χ1n) is 14.6. The van der Waals surface area contributed by atoms with E-state index in [2.05, 4.69) is 26.2 Å². The van der Waals surface area contributed by atoms with Gasteiger partial charge in [0.05, 0.1) is 30.8 Å². The van der Waals surface area contributed by atoms with Gasteiger partial charge in [0.15, 0.2) is 5.78 Å². The van der Waals surface area contributed by atoms with Crippen LogP contribution in [0.25, 0.3) is 5.57 Å². The number of ether oxygens (including phenoxy) is 1. The van der Waals surface area contributed by atoms with Gasteiger partial charge in [-0.05, 0) is 55.2 Å². The van der Waals surface area contributed by atoms with E-state index in [1.54, 1.807) is 0 Å². The van der Waals surface area contributed by atoms with Crippen LogP contribution in [-0.4, -0.2) is 71.1 Å². The Morgan fingerprint density at radius 2 is 1.76 bits per heavy atom. The molecular formula is C30H38N6O2. The molecule has 2 aromatic rings. The molecule has 200 valence electrons. The molecule has 4 heterocycles. The summed E-state index contributed by atoms with van der Waals surface area (Å²) in [4.78, 5) is 32.2. The molecule has 0 aromatic carbocycles. The Hall–Kier alpha value is -2.84. The predicted octanol–water partition coefficient (Wildman–Crippen LogP) is 4.54. The van der Waals surface area contributed by atoms with Crippen LogP contribution in [0.5, 0.6) is 0 Å². The van der Waals surface area contributed by atoms with Crippen LogP contribution < -0.4 is 10.2 Å². The van der Waals surface area contributed by atoms with E-state index in [0.29, 0.717) is 30.6 Å². The number of nitrogens with zero attached hydrogens (tertiary/aromatic N) is 5. The normalized spacial score (nSPS) is 24.0. The fourth-order valence-corrected chi connectivity index (χ4v) is 7.59. The molecule has 8 nitrogen and oxygen atoms in total. The number of pyridine rings is 1. The summed E-state index contributed by atoms with van der Waals surface area (Å²) < 4.78 is 5.52. The molecule has 0 atom stereocenters. The number of carbonyl (C=O) groups excluding carboxylic acids is 1. The SMILES string of the molecule is O=C1CCC2(CCCCC2)C2=C1Cc1cnc(Nc3ccc(N4CCC(N5CCOCC5)CC4)cn3)nc12. The average Bonchev–Trinajstić information content (AvgIpc) is 3.38. The Kier molecular flexibility index (Phi) is 6.40. The second-order valence-corrected chi connectivity index (χ2v) is 11.8. The van der Waals surface area contributed by atoms with Crippen molar-refractivity contribution < 1.29 is 9.53 Å². The Morgan fingerprint density at radius 1 is 0.947 bits per heavy atom. The summed E-state index contributed by atoms with van der Waals surface area (Å²) in [5, 5.41) is 3.33. The van der Waals surface area contributed by atoms with Gasteiger partial charge in [-0.3, -0.25) is 9.69 Å². The molecule has 7 rings (SSSR count). The monoisotopic (exact) mass is 514 g/mol. The van der Waals surface area contributed by atoms with Crippen LogP contribution in [0.3, 0.4) is 0 Å². The van der Waals surface area contributed by atoms with Crippen LogP contribution in [0.4, 0.5) is 17.5 Å². The van der Waals surface area contributed by atoms with Crippen molar-refractivity contribution >= 4 is 28.8 Å². The van der Waals surface area contributed by atoms with E-state index in [4.69, 9.17) is 14.7 Å². The van der Waals surface area contributed by atoms with Gasteiger partial charge in [-0.25, -0.2) is 15.0 Å². The van der Waals surface area contributed by atoms with Gasteiger partial charge in [-0.15, -0.1) is 0 Å². The lowest BCUT2D eigenvalue weighted by molar-refractivity contribution is -0.116. The van der Waals surface area contributed by atoms with E-state index in [1.165, 1.54) is 56.2 Å². The van der Waals surface area contributed by atoms with Crippen LogP contribution in [0.1, 0.15) is 69.0 Å². The number of fused-ring (bicyclic) bond motifs is 3. The van der Waals surface area contributed by atoms with Gasteiger partial charge in [0, 0.05) is 62.4 Å². The van der Waals surface area contributed by atoms with Crippen molar-refractivity contribution in [3.05, 3.63) is 41.4 Å². The number of hydrogen-bond donors (Lipinski definition) is 1. The van der Waals surface area contributed by atoms with Gasteiger partial charge in [0.25, 0.3) is 0 Å². The first-order valence-corrected chi connectivity index (χ1v) is 14.6. The number of hydrogen-bond acceptors (Lipinski definition) is 8. The summed E-state index contributed by atoms with van der Waals surface area (Å²) in [5.74, 6) is 1.62. The summed E-state index contributed by atoms with van der Waals surface area (Å²) in [7, 11) is 0. The maximum Gasteiger partial charge on any atom is 0.228 e. The molecule has 1 saturated carbocycles. The Balaban J connectivity index is 1.04. The fourth-order valence-electron chi connectivity index (χ4n) is 7.59. The van der Waals surface area contributed by atoms with Crippen molar-refractivity contribution in [1.29, 1.82) is 0 Å². The minimum absolute atomic E-state index is 0.132. The molecule has 0 amide bonds. The molecular weight excluding hydrogens is 476 g/mol. The van der Waals surface area contributed by atoms with Crippen LogP contribution in [0.2, 0.25) is 0 Å². The number of ketones is 1. The zero-order chi connectivity index (χ0) is 25.5. The number of anilines is 3. The van der Waals surface area contributed by atoms with Crippen molar-refractivity contribution in [2.45, 2.75) is 70.3 Å².